The molecule has 6 aliphatic heterocycles. The number of rotatable bonds is 10. The molecule has 0 unspecified atom stereocenters. The Kier molecular flexibility index (Phi) is 12.1. The van der Waals surface area contributed by atoms with Crippen molar-refractivity contribution in [3.8, 4) is 0 Å². The van der Waals surface area contributed by atoms with Gasteiger partial charge in [0.2, 0.25) is 0 Å². The normalized spacial score (nSPS) is 45.1. The largest absolute Gasteiger partial charge is 0.366 e. The summed E-state index contributed by atoms with van der Waals surface area (Å²) in [6.07, 6.45) is -8.58. The second-order valence-electron chi connectivity index (χ2n) is 9.89. The van der Waals surface area contributed by atoms with Crippen LogP contribution in [-0.4, -0.2) is 165 Å². The van der Waals surface area contributed by atoms with Crippen molar-refractivity contribution < 1.29 is 90.7 Å². The second kappa shape index (κ2) is 16.2. The molecule has 0 saturated carbocycles. The van der Waals surface area contributed by atoms with E-state index in [1.165, 1.54) is 0 Å². The zero-order valence-electron chi connectivity index (χ0n) is 23.2. The molecule has 248 valence electrons. The van der Waals surface area contributed by atoms with E-state index in [1.54, 1.807) is 0 Å². The molecule has 12 atom stereocenters. The van der Waals surface area contributed by atoms with E-state index in [0.29, 0.717) is 0 Å². The van der Waals surface area contributed by atoms with Gasteiger partial charge in [-0.25, -0.2) is 0 Å². The quantitative estimate of drug-likeness (QED) is 0.252. The van der Waals surface area contributed by atoms with Crippen LogP contribution in [0.4, 0.5) is 0 Å². The number of hydrogen-bond donors (Lipinski definition) is 2. The van der Waals surface area contributed by atoms with Crippen LogP contribution in [-0.2, 0) is 80.5 Å². The van der Waals surface area contributed by atoms with Gasteiger partial charge in [0.15, 0.2) is 75.5 Å². The number of hydrogen-bond acceptors (Lipinski definition) is 19. The summed E-state index contributed by atoms with van der Waals surface area (Å²) in [5.74, 6) is 0. The zero-order valence-corrected chi connectivity index (χ0v) is 23.2. The monoisotopic (exact) mass is 630 g/mol. The van der Waals surface area contributed by atoms with E-state index in [0.717, 1.165) is 0 Å². The minimum absolute atomic E-state index is 0.0222. The first-order valence-corrected chi connectivity index (χ1v) is 14.1. The molecule has 19 heteroatoms. The maximum Gasteiger partial charge on any atom is 0.184 e. The molecule has 0 spiro atoms. The van der Waals surface area contributed by atoms with Gasteiger partial charge in [-0.1, -0.05) is 0 Å². The third kappa shape index (κ3) is 10.1. The molecule has 2 N–H and O–H groups in total. The highest BCUT2D eigenvalue weighted by Crippen LogP contribution is 2.21. The van der Waals surface area contributed by atoms with Crippen LogP contribution < -0.4 is 0 Å². The SMILES string of the molecule is O[C@@H]1CO[C@@H](O[C@@H]2CO[C@@H](O[C@@H]3CO[C@@H](O[C@@H]4CO[C@@H](O[C@@H]5CO[C@@H](O[C@@H]6CO[C@@H](O)CO6)CO5)CO4)CO3)CO2)CO1. The molecule has 6 rings (SSSR count). The Bertz CT molecular complexity index is 713. The van der Waals surface area contributed by atoms with Gasteiger partial charge in [0.05, 0.1) is 0 Å². The summed E-state index contributed by atoms with van der Waals surface area (Å²) in [6.45, 7) is 1.08. The summed E-state index contributed by atoms with van der Waals surface area (Å²) in [4.78, 5) is 0. The first-order valence-electron chi connectivity index (χ1n) is 14.1. The molecule has 0 bridgehead atoms. The molecule has 6 fully saturated rings. The molecule has 6 saturated heterocycles. The number of aliphatic hydroxyl groups excluding tert-OH is 2. The lowest BCUT2D eigenvalue weighted by Crippen LogP contribution is -2.49. The maximum absolute atomic E-state index is 9.29. The summed E-state index contributed by atoms with van der Waals surface area (Å²) < 4.78 is 94.4. The van der Waals surface area contributed by atoms with Gasteiger partial charge < -0.3 is 90.7 Å². The number of ether oxygens (including phenoxy) is 17. The molecule has 6 aliphatic rings. The third-order valence-electron chi connectivity index (χ3n) is 6.56. The molecule has 0 aromatic carbocycles. The fraction of sp³-hybridized carbons (Fsp3) is 1.00. The van der Waals surface area contributed by atoms with Crippen molar-refractivity contribution in [2.45, 2.75) is 75.5 Å². The van der Waals surface area contributed by atoms with Crippen molar-refractivity contribution in [1.82, 2.24) is 0 Å². The van der Waals surface area contributed by atoms with Crippen molar-refractivity contribution in [3.05, 3.63) is 0 Å². The van der Waals surface area contributed by atoms with Crippen LogP contribution in [0, 0.1) is 0 Å². The van der Waals surface area contributed by atoms with Crippen molar-refractivity contribution >= 4 is 0 Å². The Morgan fingerprint density at radius 3 is 0.558 bits per heavy atom. The first-order chi connectivity index (χ1) is 21.0. The van der Waals surface area contributed by atoms with Gasteiger partial charge in [0, 0.05) is 0 Å². The van der Waals surface area contributed by atoms with E-state index < -0.39 is 75.5 Å². The Hall–Kier alpha value is -0.760. The Morgan fingerprint density at radius 1 is 0.256 bits per heavy atom. The minimum atomic E-state index is -0.953. The highest BCUT2D eigenvalue weighted by Gasteiger charge is 2.35. The van der Waals surface area contributed by atoms with Crippen molar-refractivity contribution in [1.29, 1.82) is 0 Å². The fourth-order valence-electron chi connectivity index (χ4n) is 4.46. The zero-order chi connectivity index (χ0) is 29.4. The van der Waals surface area contributed by atoms with Gasteiger partial charge in [0.25, 0.3) is 0 Å². The highest BCUT2D eigenvalue weighted by molar-refractivity contribution is 4.64. The van der Waals surface area contributed by atoms with Crippen molar-refractivity contribution in [3.63, 3.8) is 0 Å². The van der Waals surface area contributed by atoms with Gasteiger partial charge >= 0.3 is 0 Å². The van der Waals surface area contributed by atoms with Crippen LogP contribution in [0.25, 0.3) is 0 Å². The van der Waals surface area contributed by atoms with Crippen molar-refractivity contribution in [2.24, 2.45) is 0 Å². The Morgan fingerprint density at radius 2 is 0.419 bits per heavy atom. The first kappa shape index (κ1) is 32.2. The lowest BCUT2D eigenvalue weighted by Gasteiger charge is -2.37. The molecule has 0 amide bonds. The molecular weight excluding hydrogens is 592 g/mol. The molecule has 19 nitrogen and oxygen atoms in total. The second-order valence-corrected chi connectivity index (χ2v) is 9.89. The van der Waals surface area contributed by atoms with Crippen LogP contribution >= 0.6 is 0 Å². The molecule has 0 radical (unpaired) electrons. The predicted octanol–water partition coefficient (Wildman–Crippen LogP) is -2.75. The topological polar surface area (TPSA) is 197 Å². The number of aliphatic hydroxyl groups is 2. The average molecular weight is 631 g/mol. The van der Waals surface area contributed by atoms with E-state index >= 15 is 0 Å². The lowest BCUT2D eigenvalue weighted by molar-refractivity contribution is -0.395. The summed E-state index contributed by atoms with van der Waals surface area (Å²) in [6, 6.07) is 0. The summed E-state index contributed by atoms with van der Waals surface area (Å²) in [7, 11) is 0. The van der Waals surface area contributed by atoms with E-state index in [-0.39, 0.29) is 79.3 Å². The molecular formula is C24H38O19. The highest BCUT2D eigenvalue weighted by atomic mass is 16.9. The van der Waals surface area contributed by atoms with Gasteiger partial charge in [-0.3, -0.25) is 0 Å². The maximum atomic E-state index is 9.29. The van der Waals surface area contributed by atoms with Crippen LogP contribution in [0.3, 0.4) is 0 Å². The predicted molar refractivity (Wildman–Crippen MR) is 127 cm³/mol. The standard InChI is InChI=1S/C24H38O19/c25-13-1-29-15(3-27-13)39-17-5-33-19(7-31-17)41-21-9-37-23(11-35-21)43-24-12-36-22(10-38-24)42-20-8-32-18(6-34-20)40-16-4-28-14(26)2-30-16/h13-26H,1-12H2/t13-,14+,15-,16+,17+,18-,19-,20+,21+,22-,23-,24+. The van der Waals surface area contributed by atoms with Gasteiger partial charge in [-0.2, -0.15) is 0 Å². The molecule has 0 aromatic rings. The Labute approximate surface area is 246 Å². The lowest BCUT2D eigenvalue weighted by atomic mass is 10.5. The van der Waals surface area contributed by atoms with E-state index in [9.17, 15) is 10.2 Å². The molecule has 43 heavy (non-hydrogen) atoms. The van der Waals surface area contributed by atoms with Crippen LogP contribution in [0.15, 0.2) is 0 Å². The molecule has 0 aliphatic carbocycles. The average Bonchev–Trinajstić information content (AvgIpc) is 3.03. The van der Waals surface area contributed by atoms with E-state index in [2.05, 4.69) is 0 Å². The fourth-order valence-corrected chi connectivity index (χ4v) is 4.46. The Balaban J connectivity index is 0.788. The molecule has 6 heterocycles. The van der Waals surface area contributed by atoms with E-state index in [1.807, 2.05) is 0 Å². The van der Waals surface area contributed by atoms with Gasteiger partial charge in [-0.05, 0) is 0 Å². The minimum Gasteiger partial charge on any atom is -0.366 e. The molecule has 0 aromatic heterocycles. The van der Waals surface area contributed by atoms with Crippen LogP contribution in [0.2, 0.25) is 0 Å². The smallest absolute Gasteiger partial charge is 0.184 e. The summed E-state index contributed by atoms with van der Waals surface area (Å²) in [5.41, 5.74) is 0. The summed E-state index contributed by atoms with van der Waals surface area (Å²) >= 11 is 0. The van der Waals surface area contributed by atoms with Crippen LogP contribution in [0.5, 0.6) is 0 Å². The van der Waals surface area contributed by atoms with Crippen molar-refractivity contribution in [2.75, 3.05) is 79.3 Å². The third-order valence-corrected chi connectivity index (χ3v) is 6.56. The van der Waals surface area contributed by atoms with Gasteiger partial charge in [0.1, 0.15) is 79.3 Å². The van der Waals surface area contributed by atoms with E-state index in [4.69, 9.17) is 80.5 Å². The van der Waals surface area contributed by atoms with Gasteiger partial charge in [-0.15, -0.1) is 0 Å². The summed E-state index contributed by atoms with van der Waals surface area (Å²) in [5, 5.41) is 18.6. The van der Waals surface area contributed by atoms with Crippen LogP contribution in [0.1, 0.15) is 0 Å².